The van der Waals surface area contributed by atoms with E-state index < -0.39 is 0 Å². The lowest BCUT2D eigenvalue weighted by Crippen LogP contribution is -2.52. The average Bonchev–Trinajstić information content (AvgIpc) is 2.47. The number of hydrogen-bond donors (Lipinski definition) is 0. The van der Waals surface area contributed by atoms with Gasteiger partial charge in [0.25, 0.3) is 0 Å². The maximum atomic E-state index is 6.12. The Morgan fingerprint density at radius 3 is 2.95 bits per heavy atom. The Hall–Kier alpha value is -0.250. The zero-order chi connectivity index (χ0) is 14.1. The highest BCUT2D eigenvalue weighted by atomic mass is 79.9. The van der Waals surface area contributed by atoms with E-state index in [4.69, 9.17) is 11.6 Å². The van der Waals surface area contributed by atoms with Gasteiger partial charge in [-0.1, -0.05) is 27.5 Å². The number of likely N-dealkylation sites (tertiary alicyclic amines) is 1. The van der Waals surface area contributed by atoms with Gasteiger partial charge in [-0.15, -0.1) is 0 Å². The summed E-state index contributed by atoms with van der Waals surface area (Å²) in [5.74, 6) is 0.821. The van der Waals surface area contributed by atoms with Crippen molar-refractivity contribution in [1.29, 1.82) is 0 Å². The number of alkyl halides is 1. The molecule has 1 aromatic rings. The molecule has 2 saturated heterocycles. The van der Waals surface area contributed by atoms with E-state index in [0.29, 0.717) is 0 Å². The van der Waals surface area contributed by atoms with Crippen LogP contribution in [-0.4, -0.2) is 37.6 Å². The van der Waals surface area contributed by atoms with Gasteiger partial charge in [-0.05, 0) is 62.5 Å². The van der Waals surface area contributed by atoms with Crippen LogP contribution in [0.5, 0.6) is 0 Å². The molecule has 2 nitrogen and oxygen atoms in total. The molecule has 0 spiro atoms. The van der Waals surface area contributed by atoms with Gasteiger partial charge in [0.2, 0.25) is 0 Å². The van der Waals surface area contributed by atoms with Crippen LogP contribution in [-0.2, 0) is 5.33 Å². The summed E-state index contributed by atoms with van der Waals surface area (Å²) in [5.41, 5.74) is 2.66. The Morgan fingerprint density at radius 1 is 1.30 bits per heavy atom. The highest BCUT2D eigenvalue weighted by molar-refractivity contribution is 9.08. The van der Waals surface area contributed by atoms with E-state index in [0.717, 1.165) is 28.9 Å². The van der Waals surface area contributed by atoms with E-state index in [9.17, 15) is 0 Å². The lowest BCUT2D eigenvalue weighted by Gasteiger charge is -2.47. The minimum absolute atomic E-state index is 0.791. The second-order valence-electron chi connectivity index (χ2n) is 6.09. The monoisotopic (exact) mass is 356 g/mol. The second-order valence-corrected chi connectivity index (χ2v) is 7.09. The SMILES string of the molecule is CN1CCCC2CN(c3ccc(Cl)cc3CBr)CCC21. The highest BCUT2D eigenvalue weighted by Crippen LogP contribution is 2.34. The molecule has 2 unspecified atom stereocenters. The van der Waals surface area contributed by atoms with Gasteiger partial charge >= 0.3 is 0 Å². The normalized spacial score (nSPS) is 27.4. The molecule has 2 aliphatic rings. The Bertz CT molecular complexity index is 480. The fraction of sp³-hybridized carbons (Fsp3) is 0.625. The maximum Gasteiger partial charge on any atom is 0.0410 e. The standard InChI is InChI=1S/C16H22BrClN2/c1-19-7-2-3-12-11-20(8-6-15(12)19)16-5-4-14(18)9-13(16)10-17/h4-5,9,12,15H,2-3,6-8,10-11H2,1H3. The number of halogens is 2. The number of hydrogen-bond acceptors (Lipinski definition) is 2. The summed E-state index contributed by atoms with van der Waals surface area (Å²) in [7, 11) is 2.29. The summed E-state index contributed by atoms with van der Waals surface area (Å²) in [6, 6.07) is 7.08. The summed E-state index contributed by atoms with van der Waals surface area (Å²) < 4.78 is 0. The molecule has 4 heteroatoms. The maximum absolute atomic E-state index is 6.12. The molecule has 3 rings (SSSR count). The number of piperidine rings is 2. The van der Waals surface area contributed by atoms with Crippen LogP contribution >= 0.6 is 27.5 Å². The lowest BCUT2D eigenvalue weighted by atomic mass is 9.84. The van der Waals surface area contributed by atoms with E-state index in [1.807, 2.05) is 6.07 Å². The molecule has 0 aromatic heterocycles. The van der Waals surface area contributed by atoms with Crippen molar-refractivity contribution in [3.63, 3.8) is 0 Å². The third kappa shape index (κ3) is 2.86. The molecule has 20 heavy (non-hydrogen) atoms. The molecule has 2 atom stereocenters. The Balaban J connectivity index is 1.79. The van der Waals surface area contributed by atoms with Crippen LogP contribution in [0.4, 0.5) is 5.69 Å². The van der Waals surface area contributed by atoms with Crippen molar-refractivity contribution in [2.75, 3.05) is 31.6 Å². The average molecular weight is 358 g/mol. The molecular weight excluding hydrogens is 336 g/mol. The van der Waals surface area contributed by atoms with Crippen LogP contribution in [0.25, 0.3) is 0 Å². The van der Waals surface area contributed by atoms with Crippen molar-refractivity contribution in [3.05, 3.63) is 28.8 Å². The first-order chi connectivity index (χ1) is 9.69. The van der Waals surface area contributed by atoms with E-state index in [1.165, 1.54) is 43.6 Å². The van der Waals surface area contributed by atoms with Crippen LogP contribution in [0.15, 0.2) is 18.2 Å². The van der Waals surface area contributed by atoms with Crippen LogP contribution in [0, 0.1) is 5.92 Å². The first kappa shape index (κ1) is 14.7. The molecule has 0 aliphatic carbocycles. The zero-order valence-corrected chi connectivity index (χ0v) is 14.3. The van der Waals surface area contributed by atoms with Gasteiger partial charge in [-0.2, -0.15) is 0 Å². The van der Waals surface area contributed by atoms with Crippen LogP contribution < -0.4 is 4.90 Å². The van der Waals surface area contributed by atoms with Gasteiger partial charge in [-0.3, -0.25) is 0 Å². The molecule has 2 heterocycles. The van der Waals surface area contributed by atoms with Gasteiger partial charge in [-0.25, -0.2) is 0 Å². The van der Waals surface area contributed by atoms with Gasteiger partial charge < -0.3 is 9.80 Å². The summed E-state index contributed by atoms with van der Waals surface area (Å²) in [4.78, 5) is 5.13. The molecular formula is C16H22BrClN2. The van der Waals surface area contributed by atoms with Crippen molar-refractivity contribution < 1.29 is 0 Å². The molecule has 2 aliphatic heterocycles. The Morgan fingerprint density at radius 2 is 2.15 bits per heavy atom. The molecule has 2 fully saturated rings. The fourth-order valence-corrected chi connectivity index (χ4v) is 4.48. The third-order valence-electron chi connectivity index (χ3n) is 4.87. The summed E-state index contributed by atoms with van der Waals surface area (Å²) in [5, 5.41) is 1.70. The summed E-state index contributed by atoms with van der Waals surface area (Å²) in [6.45, 7) is 3.62. The van der Waals surface area contributed by atoms with Crippen LogP contribution in [0.3, 0.4) is 0 Å². The Kier molecular flexibility index (Phi) is 4.58. The van der Waals surface area contributed by atoms with Gasteiger partial charge in [0, 0.05) is 35.2 Å². The second kappa shape index (κ2) is 6.25. The van der Waals surface area contributed by atoms with Gasteiger partial charge in [0.1, 0.15) is 0 Å². The van der Waals surface area contributed by atoms with Crippen LogP contribution in [0.1, 0.15) is 24.8 Å². The Labute approximate surface area is 135 Å². The number of benzene rings is 1. The topological polar surface area (TPSA) is 6.48 Å². The van der Waals surface area contributed by atoms with Crippen molar-refractivity contribution in [2.24, 2.45) is 5.92 Å². The number of anilines is 1. The third-order valence-corrected chi connectivity index (χ3v) is 5.71. The van der Waals surface area contributed by atoms with Crippen molar-refractivity contribution in [2.45, 2.75) is 30.6 Å². The summed E-state index contributed by atoms with van der Waals surface area (Å²) in [6.07, 6.45) is 4.01. The predicted octanol–water partition coefficient (Wildman–Crippen LogP) is 4.16. The van der Waals surface area contributed by atoms with E-state index in [1.54, 1.807) is 0 Å². The number of fused-ring (bicyclic) bond motifs is 1. The molecule has 0 radical (unpaired) electrons. The van der Waals surface area contributed by atoms with Gasteiger partial charge in [0.05, 0.1) is 0 Å². The van der Waals surface area contributed by atoms with Gasteiger partial charge in [0.15, 0.2) is 0 Å². The summed E-state index contributed by atoms with van der Waals surface area (Å²) >= 11 is 9.71. The van der Waals surface area contributed by atoms with E-state index in [-0.39, 0.29) is 0 Å². The fourth-order valence-electron chi connectivity index (χ4n) is 3.84. The zero-order valence-electron chi connectivity index (χ0n) is 12.0. The number of nitrogens with zero attached hydrogens (tertiary/aromatic N) is 2. The predicted molar refractivity (Wildman–Crippen MR) is 90.1 cm³/mol. The highest BCUT2D eigenvalue weighted by Gasteiger charge is 2.34. The molecule has 110 valence electrons. The van der Waals surface area contributed by atoms with E-state index in [2.05, 4.69) is 44.9 Å². The smallest absolute Gasteiger partial charge is 0.0410 e. The molecule has 0 saturated carbocycles. The van der Waals surface area contributed by atoms with Crippen molar-refractivity contribution in [1.82, 2.24) is 4.90 Å². The molecule has 0 bridgehead atoms. The van der Waals surface area contributed by atoms with Crippen molar-refractivity contribution >= 4 is 33.2 Å². The minimum Gasteiger partial charge on any atom is -0.371 e. The number of rotatable bonds is 2. The minimum atomic E-state index is 0.791. The largest absolute Gasteiger partial charge is 0.371 e. The van der Waals surface area contributed by atoms with Crippen molar-refractivity contribution in [3.8, 4) is 0 Å². The first-order valence-corrected chi connectivity index (χ1v) is 8.98. The first-order valence-electron chi connectivity index (χ1n) is 7.48. The quantitative estimate of drug-likeness (QED) is 0.733. The molecule has 1 aromatic carbocycles. The van der Waals surface area contributed by atoms with E-state index >= 15 is 0 Å². The van der Waals surface area contributed by atoms with Crippen LogP contribution in [0.2, 0.25) is 5.02 Å². The molecule has 0 amide bonds. The lowest BCUT2D eigenvalue weighted by molar-refractivity contribution is 0.102. The molecule has 0 N–H and O–H groups in total.